The number of carbonyl (C=O) groups excluding carboxylic acids is 1. The van der Waals surface area contributed by atoms with Gasteiger partial charge in [-0.05, 0) is 19.1 Å². The third-order valence-corrected chi connectivity index (χ3v) is 4.53. The van der Waals surface area contributed by atoms with Gasteiger partial charge >= 0.3 is 5.97 Å². The van der Waals surface area contributed by atoms with Crippen molar-refractivity contribution >= 4 is 33.9 Å². The molecule has 126 valence electrons. The smallest absolute Gasteiger partial charge is 0.359 e. The molecule has 0 unspecified atom stereocenters. The van der Waals surface area contributed by atoms with Gasteiger partial charge in [-0.2, -0.15) is 0 Å². The van der Waals surface area contributed by atoms with Gasteiger partial charge in [0, 0.05) is 17.1 Å². The van der Waals surface area contributed by atoms with Crippen molar-refractivity contribution in [2.45, 2.75) is 13.0 Å². The van der Waals surface area contributed by atoms with E-state index in [1.807, 2.05) is 35.7 Å². The zero-order valence-electron chi connectivity index (χ0n) is 12.9. The summed E-state index contributed by atoms with van der Waals surface area (Å²) in [5, 5.41) is 9.85. The number of imidazole rings is 1. The predicted molar refractivity (Wildman–Crippen MR) is 91.6 cm³/mol. The Hall–Kier alpha value is -2.71. The first kappa shape index (κ1) is 15.8. The van der Waals surface area contributed by atoms with Gasteiger partial charge in [0.15, 0.2) is 21.9 Å². The Bertz CT molecular complexity index is 1040. The average Bonchev–Trinajstić information content (AvgIpc) is 3.30. The van der Waals surface area contributed by atoms with E-state index in [9.17, 15) is 4.79 Å². The molecule has 3 heterocycles. The van der Waals surface area contributed by atoms with Crippen LogP contribution in [0.2, 0.25) is 5.15 Å². The minimum Gasteiger partial charge on any atom is -0.448 e. The Morgan fingerprint density at radius 3 is 2.92 bits per heavy atom. The minimum absolute atomic E-state index is 0.0968. The fraction of sp³-hybridized carbons (Fsp3) is 0.125. The highest BCUT2D eigenvalue weighted by Crippen LogP contribution is 2.26. The number of hydrogen-bond donors (Lipinski definition) is 0. The summed E-state index contributed by atoms with van der Waals surface area (Å²) in [6.45, 7) is 1.65. The van der Waals surface area contributed by atoms with Crippen LogP contribution >= 0.6 is 22.9 Å². The normalized spacial score (nSPS) is 12.4. The van der Waals surface area contributed by atoms with Crippen LogP contribution < -0.4 is 0 Å². The van der Waals surface area contributed by atoms with Gasteiger partial charge in [0.05, 0.1) is 0 Å². The molecular weight excluding hydrogens is 364 g/mol. The number of benzene rings is 1. The molecule has 0 bridgehead atoms. The highest BCUT2D eigenvalue weighted by atomic mass is 35.5. The molecule has 25 heavy (non-hydrogen) atoms. The third-order valence-electron chi connectivity index (χ3n) is 3.51. The number of aromatic nitrogens is 4. The van der Waals surface area contributed by atoms with Crippen LogP contribution in [0.3, 0.4) is 0 Å². The first-order valence-corrected chi connectivity index (χ1v) is 8.60. The van der Waals surface area contributed by atoms with Crippen LogP contribution in [0.25, 0.3) is 16.4 Å². The monoisotopic (exact) mass is 374 g/mol. The maximum Gasteiger partial charge on any atom is 0.359 e. The van der Waals surface area contributed by atoms with E-state index in [0.717, 1.165) is 5.56 Å². The number of hydrogen-bond acceptors (Lipinski definition) is 7. The second-order valence-corrected chi connectivity index (χ2v) is 6.40. The SMILES string of the molecule is C[C@@H](OC(=O)c1c(Cl)nc2sccn12)c1nnc(-c2ccccc2)o1. The van der Waals surface area contributed by atoms with Crippen LogP contribution in [0, 0.1) is 0 Å². The number of carbonyl (C=O) groups is 1. The average molecular weight is 375 g/mol. The summed E-state index contributed by atoms with van der Waals surface area (Å²) >= 11 is 7.41. The van der Waals surface area contributed by atoms with Gasteiger partial charge in [0.1, 0.15) is 0 Å². The topological polar surface area (TPSA) is 82.5 Å². The van der Waals surface area contributed by atoms with E-state index in [1.165, 1.54) is 11.3 Å². The largest absolute Gasteiger partial charge is 0.448 e. The van der Waals surface area contributed by atoms with Gasteiger partial charge in [-0.3, -0.25) is 4.40 Å². The predicted octanol–water partition coefficient (Wildman–Crippen LogP) is 4.02. The summed E-state index contributed by atoms with van der Waals surface area (Å²) < 4.78 is 12.6. The molecule has 7 nitrogen and oxygen atoms in total. The molecule has 0 radical (unpaired) electrons. The summed E-state index contributed by atoms with van der Waals surface area (Å²) in [5.41, 5.74) is 0.964. The molecule has 4 aromatic rings. The van der Waals surface area contributed by atoms with Crippen LogP contribution in [-0.2, 0) is 4.74 Å². The Balaban J connectivity index is 1.55. The van der Waals surface area contributed by atoms with E-state index in [-0.39, 0.29) is 16.7 Å². The quantitative estimate of drug-likeness (QED) is 0.502. The molecule has 0 aliphatic carbocycles. The molecule has 0 aliphatic rings. The van der Waals surface area contributed by atoms with Crippen LogP contribution in [0.5, 0.6) is 0 Å². The lowest BCUT2D eigenvalue weighted by Crippen LogP contribution is -2.12. The van der Waals surface area contributed by atoms with Crippen molar-refractivity contribution < 1.29 is 13.9 Å². The van der Waals surface area contributed by atoms with Crippen molar-refractivity contribution in [3.63, 3.8) is 0 Å². The van der Waals surface area contributed by atoms with Gasteiger partial charge in [-0.1, -0.05) is 29.8 Å². The van der Waals surface area contributed by atoms with Gasteiger partial charge in [0.2, 0.25) is 5.89 Å². The number of esters is 1. The number of ether oxygens (including phenoxy) is 1. The molecule has 0 fully saturated rings. The second kappa shape index (κ2) is 6.30. The van der Waals surface area contributed by atoms with E-state index in [2.05, 4.69) is 15.2 Å². The van der Waals surface area contributed by atoms with Crippen LogP contribution in [-0.4, -0.2) is 25.6 Å². The number of rotatable bonds is 4. The van der Waals surface area contributed by atoms with E-state index in [0.29, 0.717) is 10.9 Å². The molecule has 0 aliphatic heterocycles. The number of nitrogens with zero attached hydrogens (tertiary/aromatic N) is 4. The Morgan fingerprint density at radius 1 is 1.32 bits per heavy atom. The molecule has 1 aromatic carbocycles. The summed E-state index contributed by atoms with van der Waals surface area (Å²) in [6, 6.07) is 9.35. The van der Waals surface area contributed by atoms with Gasteiger partial charge in [0.25, 0.3) is 5.89 Å². The Kier molecular flexibility index (Phi) is 3.98. The first-order valence-electron chi connectivity index (χ1n) is 7.34. The molecule has 0 N–H and O–H groups in total. The van der Waals surface area contributed by atoms with Crippen LogP contribution in [0.1, 0.15) is 29.4 Å². The fourth-order valence-electron chi connectivity index (χ4n) is 2.30. The number of halogens is 1. The molecule has 4 rings (SSSR count). The lowest BCUT2D eigenvalue weighted by atomic mass is 10.2. The number of fused-ring (bicyclic) bond motifs is 1. The van der Waals surface area contributed by atoms with Crippen molar-refractivity contribution in [1.29, 1.82) is 0 Å². The maximum atomic E-state index is 12.4. The fourth-order valence-corrected chi connectivity index (χ4v) is 3.32. The van der Waals surface area contributed by atoms with E-state index in [1.54, 1.807) is 17.5 Å². The lowest BCUT2D eigenvalue weighted by molar-refractivity contribution is 0.0272. The highest BCUT2D eigenvalue weighted by molar-refractivity contribution is 7.15. The van der Waals surface area contributed by atoms with Gasteiger partial charge in [-0.25, -0.2) is 9.78 Å². The van der Waals surface area contributed by atoms with Crippen molar-refractivity contribution in [3.8, 4) is 11.5 Å². The standard InChI is InChI=1S/C16H11ClN4O3S/c1-9(13-19-20-14(24-13)10-5-3-2-4-6-10)23-15(22)11-12(17)18-16-21(11)7-8-25-16/h2-9H,1H3/t9-/m1/s1. The maximum absolute atomic E-state index is 12.4. The zero-order valence-corrected chi connectivity index (χ0v) is 14.5. The van der Waals surface area contributed by atoms with Crippen molar-refractivity contribution in [2.75, 3.05) is 0 Å². The molecule has 1 atom stereocenters. The third kappa shape index (κ3) is 2.90. The van der Waals surface area contributed by atoms with Crippen LogP contribution in [0.15, 0.2) is 46.3 Å². The summed E-state index contributed by atoms with van der Waals surface area (Å²) in [5.74, 6) is -0.0432. The van der Waals surface area contributed by atoms with E-state index >= 15 is 0 Å². The zero-order chi connectivity index (χ0) is 17.4. The summed E-state index contributed by atoms with van der Waals surface area (Å²) in [4.78, 5) is 17.2. The van der Waals surface area contributed by atoms with Gasteiger partial charge in [-0.15, -0.1) is 21.5 Å². The Labute approximate surface area is 150 Å². The van der Waals surface area contributed by atoms with Crippen molar-refractivity contribution in [2.24, 2.45) is 0 Å². The lowest BCUT2D eigenvalue weighted by Gasteiger charge is -2.08. The summed E-state index contributed by atoms with van der Waals surface area (Å²) in [7, 11) is 0. The van der Waals surface area contributed by atoms with E-state index in [4.69, 9.17) is 20.8 Å². The molecule has 0 saturated heterocycles. The van der Waals surface area contributed by atoms with Gasteiger partial charge < -0.3 is 9.15 Å². The molecule has 0 saturated carbocycles. The molecule has 3 aromatic heterocycles. The second-order valence-electron chi connectivity index (χ2n) is 5.17. The molecular formula is C16H11ClN4O3S. The molecule has 0 amide bonds. The first-order chi connectivity index (χ1) is 12.1. The minimum atomic E-state index is -0.724. The Morgan fingerprint density at radius 2 is 2.12 bits per heavy atom. The van der Waals surface area contributed by atoms with E-state index < -0.39 is 12.1 Å². The van der Waals surface area contributed by atoms with Crippen molar-refractivity contribution in [3.05, 3.63) is 58.6 Å². The summed E-state index contributed by atoms with van der Waals surface area (Å²) in [6.07, 6.45) is 0.984. The number of thiazole rings is 1. The van der Waals surface area contributed by atoms with Crippen molar-refractivity contribution in [1.82, 2.24) is 19.6 Å². The molecule has 9 heteroatoms. The molecule has 0 spiro atoms. The highest BCUT2D eigenvalue weighted by Gasteiger charge is 2.25. The van der Waals surface area contributed by atoms with Crippen LogP contribution in [0.4, 0.5) is 0 Å².